The molecule has 8 nitrogen and oxygen atoms in total. The first-order chi connectivity index (χ1) is 20.0. The average Bonchev–Trinajstić information content (AvgIpc) is 2.96. The molecule has 0 aromatic heterocycles. The summed E-state index contributed by atoms with van der Waals surface area (Å²) in [4.78, 5) is 29.1. The Kier molecular flexibility index (Phi) is 10.3. The summed E-state index contributed by atoms with van der Waals surface area (Å²) in [5.74, 6) is -1.66. The molecule has 2 heterocycles. The van der Waals surface area contributed by atoms with Crippen molar-refractivity contribution in [3.8, 4) is 5.75 Å². The van der Waals surface area contributed by atoms with E-state index >= 15 is 0 Å². The number of phenols is 1. The molecule has 2 saturated heterocycles. The Labute approximate surface area is 267 Å². The number of carbonyl (C=O) groups excluding carboxylic acids is 2. The number of ether oxygens (including phenoxy) is 1. The number of aliphatic hydroxyl groups is 1. The van der Waals surface area contributed by atoms with Crippen LogP contribution in [0.3, 0.4) is 0 Å². The normalized spacial score (nSPS) is 20.2. The molecule has 43 heavy (non-hydrogen) atoms. The number of aromatic hydroxyl groups is 1. The molecule has 2 amide bonds. The number of amides is 2. The van der Waals surface area contributed by atoms with Crippen molar-refractivity contribution in [2.45, 2.75) is 31.6 Å². The van der Waals surface area contributed by atoms with Gasteiger partial charge in [0, 0.05) is 11.3 Å². The van der Waals surface area contributed by atoms with Crippen LogP contribution in [-0.4, -0.2) is 71.9 Å². The fourth-order valence-corrected chi connectivity index (χ4v) is 5.62. The minimum Gasteiger partial charge on any atom is -1.00 e. The predicted molar refractivity (Wildman–Crippen MR) is 152 cm³/mol. The molecule has 0 bridgehead atoms. The van der Waals surface area contributed by atoms with Gasteiger partial charge in [0.1, 0.15) is 24.0 Å². The Balaban J connectivity index is 0.00000423. The summed E-state index contributed by atoms with van der Waals surface area (Å²) in [6.07, 6.45) is -0.735. The molecule has 0 unspecified atom stereocenters. The number of anilines is 1. The van der Waals surface area contributed by atoms with Crippen molar-refractivity contribution in [1.82, 2.24) is 4.90 Å². The maximum Gasteiger partial charge on any atom is 0.410 e. The number of halogens is 3. The summed E-state index contributed by atoms with van der Waals surface area (Å²) in [6, 6.07) is 15.5. The Morgan fingerprint density at radius 3 is 2.21 bits per heavy atom. The highest BCUT2D eigenvalue weighted by Gasteiger charge is 2.49. The quantitative estimate of drug-likeness (QED) is 0.213. The molecule has 0 saturated carbocycles. The van der Waals surface area contributed by atoms with Crippen LogP contribution in [0.1, 0.15) is 41.7 Å². The van der Waals surface area contributed by atoms with Gasteiger partial charge in [-0.2, -0.15) is 0 Å². The zero-order valence-corrected chi connectivity index (χ0v) is 26.3. The van der Waals surface area contributed by atoms with Gasteiger partial charge in [-0.05, 0) is 66.4 Å². The van der Waals surface area contributed by atoms with E-state index in [1.54, 1.807) is 17.0 Å². The molecule has 5 rings (SSSR count). The predicted octanol–water partition coefficient (Wildman–Crippen LogP) is 1.92. The Morgan fingerprint density at radius 1 is 1.00 bits per heavy atom. The van der Waals surface area contributed by atoms with Crippen molar-refractivity contribution in [3.05, 3.63) is 95.1 Å². The van der Waals surface area contributed by atoms with Gasteiger partial charge < -0.3 is 48.3 Å². The lowest BCUT2D eigenvalue weighted by Crippen LogP contribution is -3.00. The van der Waals surface area contributed by atoms with Crippen LogP contribution in [-0.2, 0) is 16.1 Å². The van der Waals surface area contributed by atoms with Crippen molar-refractivity contribution >= 4 is 17.7 Å². The molecule has 2 aliphatic heterocycles. The van der Waals surface area contributed by atoms with E-state index in [-0.39, 0.29) is 48.7 Å². The van der Waals surface area contributed by atoms with E-state index in [4.69, 9.17) is 4.74 Å². The Hall–Kier alpha value is -3.29. The molecule has 3 aromatic carbocycles. The van der Waals surface area contributed by atoms with E-state index in [1.165, 1.54) is 59.5 Å². The van der Waals surface area contributed by atoms with Crippen LogP contribution in [0.4, 0.5) is 19.3 Å². The number of likely N-dealkylation sites (N-methyl/N-ethyl adjacent to an activating group) is 1. The molecule has 3 atom stereocenters. The van der Waals surface area contributed by atoms with Crippen LogP contribution < -0.4 is 28.9 Å². The second-order valence-electron chi connectivity index (χ2n) is 11.7. The lowest BCUT2D eigenvalue weighted by Gasteiger charge is -2.48. The van der Waals surface area contributed by atoms with Gasteiger partial charge in [0.2, 0.25) is 5.91 Å². The monoisotopic (exact) mass is 707 g/mol. The molecule has 0 spiro atoms. The largest absolute Gasteiger partial charge is 1.00 e. The molecule has 2 N–H and O–H groups in total. The first kappa shape index (κ1) is 32.6. The number of β-lactam (4-membered cyclic amide) rings is 1. The fourth-order valence-electron chi connectivity index (χ4n) is 5.62. The van der Waals surface area contributed by atoms with E-state index in [2.05, 4.69) is 14.1 Å². The van der Waals surface area contributed by atoms with Gasteiger partial charge in [0.05, 0.1) is 58.3 Å². The topological polar surface area (TPSA) is 90.3 Å². The van der Waals surface area contributed by atoms with Crippen molar-refractivity contribution in [3.63, 3.8) is 0 Å². The smallest absolute Gasteiger partial charge is 0.410 e. The van der Waals surface area contributed by atoms with E-state index in [0.717, 1.165) is 17.6 Å². The molecular formula is C32H36F2IN3O5. The molecule has 0 aliphatic carbocycles. The molecule has 0 radical (unpaired) electrons. The third-order valence-electron chi connectivity index (χ3n) is 8.31. The van der Waals surface area contributed by atoms with Gasteiger partial charge in [0.15, 0.2) is 0 Å². The zero-order chi connectivity index (χ0) is 30.0. The lowest BCUT2D eigenvalue weighted by atomic mass is 9.77. The zero-order valence-electron chi connectivity index (χ0n) is 24.1. The maximum atomic E-state index is 13.6. The fraction of sp³-hybridized carbons (Fsp3) is 0.375. The van der Waals surface area contributed by atoms with Crippen molar-refractivity contribution in [1.29, 1.82) is 0 Å². The second-order valence-corrected chi connectivity index (χ2v) is 11.7. The molecular weight excluding hydrogens is 671 g/mol. The number of nitrogens with zero attached hydrogens (tertiary/aromatic N) is 3. The number of quaternary nitrogens is 1. The third kappa shape index (κ3) is 7.44. The highest BCUT2D eigenvalue weighted by atomic mass is 127. The number of carbonyl (C=O) groups is 2. The van der Waals surface area contributed by atoms with Gasteiger partial charge in [-0.1, -0.05) is 24.3 Å². The number of rotatable bonds is 8. The minimum absolute atomic E-state index is 0. The van der Waals surface area contributed by atoms with Crippen LogP contribution >= 0.6 is 0 Å². The number of benzene rings is 3. The van der Waals surface area contributed by atoms with E-state index < -0.39 is 35.8 Å². The Bertz CT molecular complexity index is 1430. The molecule has 3 aromatic rings. The third-order valence-corrected chi connectivity index (χ3v) is 8.31. The second kappa shape index (κ2) is 13.6. The summed E-state index contributed by atoms with van der Waals surface area (Å²) in [5.41, 5.74) is 2.12. The molecule has 11 heteroatoms. The van der Waals surface area contributed by atoms with E-state index in [1.807, 2.05) is 0 Å². The molecule has 230 valence electrons. The summed E-state index contributed by atoms with van der Waals surface area (Å²) < 4.78 is 33.3. The maximum absolute atomic E-state index is 13.6. The van der Waals surface area contributed by atoms with Crippen LogP contribution in [0.15, 0.2) is 66.7 Å². The SMILES string of the molecule is C[N+]1(C)CCN(C(=O)OCc2ccc([C@@H]3[C@@H](CC[C@H](O)c4ccc(F)cc4)C(=O)N3c3ccc(F)cc3)c(O)c2)CC1.[I-]. The lowest BCUT2D eigenvalue weighted by molar-refractivity contribution is -0.894. The average molecular weight is 708 g/mol. The molecule has 2 fully saturated rings. The first-order valence-corrected chi connectivity index (χ1v) is 14.1. The van der Waals surface area contributed by atoms with Gasteiger partial charge in [-0.25, -0.2) is 13.6 Å². The molecule has 2 aliphatic rings. The number of hydrogen-bond donors (Lipinski definition) is 2. The highest BCUT2D eigenvalue weighted by Crippen LogP contribution is 2.48. The van der Waals surface area contributed by atoms with E-state index in [0.29, 0.717) is 41.9 Å². The van der Waals surface area contributed by atoms with Gasteiger partial charge >= 0.3 is 6.09 Å². The summed E-state index contributed by atoms with van der Waals surface area (Å²) in [5, 5.41) is 21.7. The number of phenolic OH excluding ortho intramolecular Hbond substituents is 1. The van der Waals surface area contributed by atoms with Crippen molar-refractivity contribution < 1.29 is 61.8 Å². The van der Waals surface area contributed by atoms with Crippen LogP contribution in [0.5, 0.6) is 5.75 Å². The van der Waals surface area contributed by atoms with Crippen LogP contribution in [0.2, 0.25) is 0 Å². The first-order valence-electron chi connectivity index (χ1n) is 14.1. The minimum atomic E-state index is -0.894. The summed E-state index contributed by atoms with van der Waals surface area (Å²) in [6.45, 7) is 2.90. The highest BCUT2D eigenvalue weighted by molar-refractivity contribution is 6.03. The van der Waals surface area contributed by atoms with Gasteiger partial charge in [-0.3, -0.25) is 9.69 Å². The number of hydrogen-bond acceptors (Lipinski definition) is 5. The number of piperazine rings is 1. The van der Waals surface area contributed by atoms with Crippen molar-refractivity contribution in [2.75, 3.05) is 45.2 Å². The van der Waals surface area contributed by atoms with Crippen LogP contribution in [0, 0.1) is 17.6 Å². The number of aliphatic hydroxyl groups excluding tert-OH is 1. The Morgan fingerprint density at radius 2 is 1.60 bits per heavy atom. The van der Waals surface area contributed by atoms with E-state index in [9.17, 15) is 28.6 Å². The van der Waals surface area contributed by atoms with Crippen molar-refractivity contribution in [2.24, 2.45) is 5.92 Å². The van der Waals surface area contributed by atoms with Gasteiger partial charge in [0.25, 0.3) is 0 Å². The van der Waals surface area contributed by atoms with Gasteiger partial charge in [-0.15, -0.1) is 0 Å². The summed E-state index contributed by atoms with van der Waals surface area (Å²) in [7, 11) is 4.25. The van der Waals surface area contributed by atoms with Crippen LogP contribution in [0.25, 0.3) is 0 Å². The summed E-state index contributed by atoms with van der Waals surface area (Å²) >= 11 is 0. The standard InChI is InChI=1S/C32H35F2N3O5.HI/c1-37(2)17-15-35(16-18-37)32(41)42-20-21-3-12-26(29(39)19-21)30-27(13-14-28(38)22-4-6-23(33)7-5-22)31(40)36(30)25-10-8-24(34)9-11-25;/h3-12,19,27-28,30,38H,13-18,20H2,1-2H3;1H/t27-,28+,30-;/m1./s1.